The van der Waals surface area contributed by atoms with Crippen molar-refractivity contribution in [2.75, 3.05) is 13.8 Å². The third-order valence-electron chi connectivity index (χ3n) is 4.31. The summed E-state index contributed by atoms with van der Waals surface area (Å²) in [7, 11) is -2.63. The first-order valence-corrected chi connectivity index (χ1v) is 10.9. The van der Waals surface area contributed by atoms with E-state index < -0.39 is 28.0 Å². The van der Waals surface area contributed by atoms with E-state index >= 15 is 0 Å². The molecule has 1 aliphatic heterocycles. The van der Waals surface area contributed by atoms with Crippen molar-refractivity contribution in [3.63, 3.8) is 0 Å². The first-order chi connectivity index (χ1) is 14.4. The van der Waals surface area contributed by atoms with Crippen LogP contribution in [-0.4, -0.2) is 50.2 Å². The molecule has 1 heterocycles. The Labute approximate surface area is 181 Å². The van der Waals surface area contributed by atoms with E-state index in [2.05, 4.69) is 0 Å². The van der Waals surface area contributed by atoms with E-state index in [0.717, 1.165) is 4.90 Å². The molecule has 0 spiro atoms. The highest BCUT2D eigenvalue weighted by Gasteiger charge is 2.25. The van der Waals surface area contributed by atoms with Gasteiger partial charge in [0.05, 0.1) is 0 Å². The molecule has 9 nitrogen and oxygen atoms in total. The normalized spacial score (nSPS) is 14.1. The predicted molar refractivity (Wildman–Crippen MR) is 111 cm³/mol. The standard InChI is InChI=1S/C21H25NO8S/c1-21(2,3)29-20(24)22(4)19(23)11-14-5-7-15(8-6-14)30-31(25,26)16-9-10-17-18(12-16)28-13-27-17/h5-10,12,19,23H,11,13H2,1-4H3. The SMILES string of the molecule is CN(C(=O)OC(C)(C)C)C(O)Cc1ccc(OS(=O)(=O)c2ccc3c(c2)OCO3)cc1. The molecule has 2 aromatic rings. The van der Waals surface area contributed by atoms with Crippen LogP contribution in [-0.2, 0) is 21.3 Å². The Kier molecular flexibility index (Phi) is 6.33. The molecule has 0 radical (unpaired) electrons. The topological polar surface area (TPSA) is 112 Å². The molecule has 2 aromatic carbocycles. The summed E-state index contributed by atoms with van der Waals surface area (Å²) in [6, 6.07) is 10.4. The lowest BCUT2D eigenvalue weighted by molar-refractivity contribution is -0.0192. The van der Waals surface area contributed by atoms with E-state index in [0.29, 0.717) is 17.1 Å². The fraction of sp³-hybridized carbons (Fsp3) is 0.381. The van der Waals surface area contributed by atoms with Crippen LogP contribution < -0.4 is 13.7 Å². The molecule has 0 fully saturated rings. The second-order valence-corrected chi connectivity index (χ2v) is 9.52. The van der Waals surface area contributed by atoms with Crippen LogP contribution in [0.5, 0.6) is 17.2 Å². The number of fused-ring (bicyclic) bond motifs is 1. The maximum Gasteiger partial charge on any atom is 0.412 e. The smallest absolute Gasteiger partial charge is 0.412 e. The van der Waals surface area contributed by atoms with Crippen LogP contribution in [0.4, 0.5) is 4.79 Å². The first-order valence-electron chi connectivity index (χ1n) is 9.51. The minimum Gasteiger partial charge on any atom is -0.454 e. The summed E-state index contributed by atoms with van der Waals surface area (Å²) in [6.45, 7) is 5.25. The van der Waals surface area contributed by atoms with E-state index in [1.165, 1.54) is 37.4 Å². The quantitative estimate of drug-likeness (QED) is 0.527. The predicted octanol–water partition coefficient (Wildman–Crippen LogP) is 2.91. The number of aliphatic hydroxyl groups excluding tert-OH is 1. The second kappa shape index (κ2) is 8.64. The number of carbonyl (C=O) groups excluding carboxylic acids is 1. The van der Waals surface area contributed by atoms with Crippen molar-refractivity contribution < 1.29 is 36.7 Å². The lowest BCUT2D eigenvalue weighted by Crippen LogP contribution is -2.41. The first kappa shape index (κ1) is 22.7. The number of nitrogens with zero attached hydrogens (tertiary/aromatic N) is 1. The highest BCUT2D eigenvalue weighted by atomic mass is 32.2. The summed E-state index contributed by atoms with van der Waals surface area (Å²) in [5.41, 5.74) is 0.00351. The number of amides is 1. The molecule has 10 heteroatoms. The van der Waals surface area contributed by atoms with Crippen molar-refractivity contribution in [3.8, 4) is 17.2 Å². The van der Waals surface area contributed by atoms with Gasteiger partial charge in [0.2, 0.25) is 6.79 Å². The van der Waals surface area contributed by atoms with E-state index in [1.807, 2.05) is 0 Å². The minimum absolute atomic E-state index is 0.0378. The summed E-state index contributed by atoms with van der Waals surface area (Å²) in [6.07, 6.45) is -1.63. The molecule has 0 bridgehead atoms. The summed E-state index contributed by atoms with van der Waals surface area (Å²) >= 11 is 0. The van der Waals surface area contributed by atoms with Gasteiger partial charge in [-0.15, -0.1) is 0 Å². The van der Waals surface area contributed by atoms with Crippen molar-refractivity contribution >= 4 is 16.2 Å². The molecule has 31 heavy (non-hydrogen) atoms. The fourth-order valence-corrected chi connectivity index (χ4v) is 3.64. The zero-order valence-corrected chi connectivity index (χ0v) is 18.5. The number of benzene rings is 2. The minimum atomic E-state index is -4.07. The average Bonchev–Trinajstić information content (AvgIpc) is 3.15. The monoisotopic (exact) mass is 451 g/mol. The van der Waals surface area contributed by atoms with Crippen LogP contribution >= 0.6 is 0 Å². The maximum absolute atomic E-state index is 12.5. The van der Waals surface area contributed by atoms with E-state index in [9.17, 15) is 18.3 Å². The molecule has 0 saturated carbocycles. The van der Waals surface area contributed by atoms with Gasteiger partial charge in [0, 0.05) is 19.5 Å². The molecule has 0 saturated heterocycles. The van der Waals surface area contributed by atoms with Gasteiger partial charge in [0.15, 0.2) is 11.5 Å². The summed E-state index contributed by atoms with van der Waals surface area (Å²) in [4.78, 5) is 13.1. The molecule has 1 aliphatic rings. The zero-order chi connectivity index (χ0) is 22.8. The number of hydrogen-bond donors (Lipinski definition) is 1. The third-order valence-corrected chi connectivity index (χ3v) is 5.55. The Morgan fingerprint density at radius 2 is 1.77 bits per heavy atom. The molecule has 3 rings (SSSR count). The van der Waals surface area contributed by atoms with Crippen molar-refractivity contribution in [2.45, 2.75) is 43.9 Å². The van der Waals surface area contributed by atoms with Gasteiger partial charge in [-0.1, -0.05) is 12.1 Å². The Hall–Kier alpha value is -2.98. The highest BCUT2D eigenvalue weighted by Crippen LogP contribution is 2.34. The summed E-state index contributed by atoms with van der Waals surface area (Å²) in [5.74, 6) is 0.915. The molecule has 0 aromatic heterocycles. The zero-order valence-electron chi connectivity index (χ0n) is 17.7. The van der Waals surface area contributed by atoms with Crippen LogP contribution in [0.3, 0.4) is 0 Å². The van der Waals surface area contributed by atoms with Crippen molar-refractivity contribution in [2.24, 2.45) is 0 Å². The van der Waals surface area contributed by atoms with Crippen molar-refractivity contribution in [1.29, 1.82) is 0 Å². The van der Waals surface area contributed by atoms with Gasteiger partial charge in [-0.2, -0.15) is 8.42 Å². The Bertz CT molecular complexity index is 1040. The number of carbonyl (C=O) groups is 1. The summed E-state index contributed by atoms with van der Waals surface area (Å²) in [5, 5.41) is 10.3. The summed E-state index contributed by atoms with van der Waals surface area (Å²) < 4.78 is 45.8. The molecule has 1 atom stereocenters. The maximum atomic E-state index is 12.5. The molecule has 1 unspecified atom stereocenters. The molecular weight excluding hydrogens is 426 g/mol. The Balaban J connectivity index is 1.63. The van der Waals surface area contributed by atoms with Gasteiger partial charge < -0.3 is 23.5 Å². The number of ether oxygens (including phenoxy) is 3. The van der Waals surface area contributed by atoms with Gasteiger partial charge in [0.25, 0.3) is 0 Å². The molecule has 0 aliphatic carbocycles. The van der Waals surface area contributed by atoms with Crippen molar-refractivity contribution in [3.05, 3.63) is 48.0 Å². The lowest BCUT2D eigenvalue weighted by Gasteiger charge is -2.27. The Morgan fingerprint density at radius 1 is 1.13 bits per heavy atom. The van der Waals surface area contributed by atoms with Crippen LogP contribution in [0.15, 0.2) is 47.4 Å². The number of rotatable bonds is 6. The lowest BCUT2D eigenvalue weighted by atomic mass is 10.1. The number of hydrogen-bond acceptors (Lipinski definition) is 8. The van der Waals surface area contributed by atoms with E-state index in [-0.39, 0.29) is 23.9 Å². The van der Waals surface area contributed by atoms with Crippen molar-refractivity contribution in [1.82, 2.24) is 4.90 Å². The second-order valence-electron chi connectivity index (χ2n) is 7.97. The van der Waals surface area contributed by atoms with Crippen LogP contribution in [0.1, 0.15) is 26.3 Å². The van der Waals surface area contributed by atoms with Crippen LogP contribution in [0.2, 0.25) is 0 Å². The van der Waals surface area contributed by atoms with E-state index in [1.54, 1.807) is 32.9 Å². The molecular formula is C21H25NO8S. The van der Waals surface area contributed by atoms with Crippen LogP contribution in [0, 0.1) is 0 Å². The van der Waals surface area contributed by atoms with Gasteiger partial charge in [-0.25, -0.2) is 4.79 Å². The fourth-order valence-electron chi connectivity index (χ4n) is 2.69. The number of likely N-dealkylation sites (N-methyl/N-ethyl adjacent to an activating group) is 1. The molecule has 168 valence electrons. The third kappa shape index (κ3) is 5.80. The highest BCUT2D eigenvalue weighted by molar-refractivity contribution is 7.87. The molecule has 1 amide bonds. The van der Waals surface area contributed by atoms with Gasteiger partial charge in [0.1, 0.15) is 22.5 Å². The molecule has 1 N–H and O–H groups in total. The Morgan fingerprint density at radius 3 is 2.42 bits per heavy atom. The van der Waals surface area contributed by atoms with Gasteiger partial charge in [-0.3, -0.25) is 4.90 Å². The largest absolute Gasteiger partial charge is 0.454 e. The van der Waals surface area contributed by atoms with Gasteiger partial charge >= 0.3 is 16.2 Å². The average molecular weight is 451 g/mol. The van der Waals surface area contributed by atoms with Crippen LogP contribution in [0.25, 0.3) is 0 Å². The van der Waals surface area contributed by atoms with E-state index in [4.69, 9.17) is 18.4 Å². The van der Waals surface area contributed by atoms with Gasteiger partial charge in [-0.05, 0) is 50.6 Å². The number of aliphatic hydroxyl groups is 1.